The zero-order valence-electron chi connectivity index (χ0n) is 15.3. The van der Waals surface area contributed by atoms with Crippen LogP contribution in [0.1, 0.15) is 65.9 Å². The van der Waals surface area contributed by atoms with Crippen LogP contribution in [-0.4, -0.2) is 18.3 Å². The van der Waals surface area contributed by atoms with Gasteiger partial charge >= 0.3 is 7.12 Å². The molecule has 2 aliphatic rings. The van der Waals surface area contributed by atoms with E-state index in [1.165, 1.54) is 11.0 Å². The first-order valence-electron chi connectivity index (χ1n) is 8.75. The van der Waals surface area contributed by atoms with Crippen LogP contribution < -0.4 is 0 Å². The van der Waals surface area contributed by atoms with Crippen LogP contribution in [0.25, 0.3) is 0 Å². The summed E-state index contributed by atoms with van der Waals surface area (Å²) in [5.74, 6) is 0.551. The first kappa shape index (κ1) is 16.8. The van der Waals surface area contributed by atoms with E-state index in [1.54, 1.807) is 0 Å². The van der Waals surface area contributed by atoms with Crippen LogP contribution in [0.5, 0.6) is 0 Å². The maximum Gasteiger partial charge on any atom is 0.490 e. The van der Waals surface area contributed by atoms with E-state index >= 15 is 0 Å². The van der Waals surface area contributed by atoms with Gasteiger partial charge in [0, 0.05) is 0 Å². The summed E-state index contributed by atoms with van der Waals surface area (Å²) < 4.78 is 12.5. The van der Waals surface area contributed by atoms with Gasteiger partial charge in [-0.25, -0.2) is 0 Å². The van der Waals surface area contributed by atoms with Crippen LogP contribution in [0, 0.1) is 5.41 Å². The Morgan fingerprint density at radius 1 is 0.913 bits per heavy atom. The average Bonchev–Trinajstić information content (AvgIpc) is 2.67. The van der Waals surface area contributed by atoms with Crippen molar-refractivity contribution in [1.82, 2.24) is 0 Å². The summed E-state index contributed by atoms with van der Waals surface area (Å²) in [5, 5.41) is 0. The molecule has 0 N–H and O–H groups in total. The van der Waals surface area contributed by atoms with E-state index in [0.29, 0.717) is 5.92 Å². The van der Waals surface area contributed by atoms with Crippen LogP contribution in [0.4, 0.5) is 0 Å². The molecule has 3 rings (SSSR count). The van der Waals surface area contributed by atoms with Crippen molar-refractivity contribution in [3.05, 3.63) is 47.4 Å². The van der Waals surface area contributed by atoms with Gasteiger partial charge in [0.05, 0.1) is 11.2 Å². The quantitative estimate of drug-likeness (QED) is 0.703. The highest BCUT2D eigenvalue weighted by molar-refractivity contribution is 6.54. The standard InChI is InChI=1S/C20H29BO2/c1-18(2)14-16(21-22-19(3,4)20(5,6)23-21)12-13-17(18)15-10-8-7-9-11-15/h7-11,14,17H,12-13H2,1-6H3. The minimum Gasteiger partial charge on any atom is -0.400 e. The predicted molar refractivity (Wildman–Crippen MR) is 96.4 cm³/mol. The molecule has 0 spiro atoms. The first-order valence-corrected chi connectivity index (χ1v) is 8.75. The Balaban J connectivity index is 1.84. The van der Waals surface area contributed by atoms with Crippen molar-refractivity contribution in [1.29, 1.82) is 0 Å². The molecule has 2 nitrogen and oxygen atoms in total. The van der Waals surface area contributed by atoms with Gasteiger partial charge in [-0.1, -0.05) is 50.3 Å². The Morgan fingerprint density at radius 2 is 1.48 bits per heavy atom. The molecule has 3 heteroatoms. The van der Waals surface area contributed by atoms with Gasteiger partial charge < -0.3 is 9.31 Å². The minimum absolute atomic E-state index is 0.110. The summed E-state index contributed by atoms with van der Waals surface area (Å²) in [6.07, 6.45) is 4.59. The molecule has 1 fully saturated rings. The summed E-state index contributed by atoms with van der Waals surface area (Å²) in [7, 11) is -0.198. The van der Waals surface area contributed by atoms with Gasteiger partial charge in [-0.05, 0) is 62.9 Å². The van der Waals surface area contributed by atoms with E-state index in [-0.39, 0.29) is 23.7 Å². The van der Waals surface area contributed by atoms with Crippen molar-refractivity contribution in [3.8, 4) is 0 Å². The zero-order chi connectivity index (χ0) is 16.9. The SMILES string of the molecule is CC1(C)C=C(B2OC(C)(C)C(C)(C)O2)CCC1c1ccccc1. The molecule has 0 saturated carbocycles. The molecule has 124 valence electrons. The molecule has 1 aromatic rings. The van der Waals surface area contributed by atoms with E-state index in [9.17, 15) is 0 Å². The molecular weight excluding hydrogens is 283 g/mol. The predicted octanol–water partition coefficient (Wildman–Crippen LogP) is 5.15. The van der Waals surface area contributed by atoms with Crippen molar-refractivity contribution in [2.45, 2.75) is 71.5 Å². The number of rotatable bonds is 2. The molecular formula is C20H29BO2. The topological polar surface area (TPSA) is 18.5 Å². The number of hydrogen-bond acceptors (Lipinski definition) is 2. The van der Waals surface area contributed by atoms with Gasteiger partial charge in [0.2, 0.25) is 0 Å². The Labute approximate surface area is 141 Å². The molecule has 1 aromatic carbocycles. The Kier molecular flexibility index (Phi) is 4.01. The lowest BCUT2D eigenvalue weighted by atomic mass is 9.61. The third kappa shape index (κ3) is 3.01. The molecule has 0 amide bonds. The van der Waals surface area contributed by atoms with Gasteiger partial charge in [-0.15, -0.1) is 0 Å². The third-order valence-electron chi connectivity index (χ3n) is 5.94. The Morgan fingerprint density at radius 3 is 2.00 bits per heavy atom. The minimum atomic E-state index is -0.265. The van der Waals surface area contributed by atoms with E-state index in [2.05, 4.69) is 78.0 Å². The van der Waals surface area contributed by atoms with Gasteiger partial charge in [0.1, 0.15) is 0 Å². The molecule has 1 unspecified atom stereocenters. The van der Waals surface area contributed by atoms with E-state index < -0.39 is 0 Å². The van der Waals surface area contributed by atoms with Crippen molar-refractivity contribution in [2.75, 3.05) is 0 Å². The van der Waals surface area contributed by atoms with Crippen LogP contribution in [0.15, 0.2) is 41.9 Å². The van der Waals surface area contributed by atoms with Crippen molar-refractivity contribution < 1.29 is 9.31 Å². The van der Waals surface area contributed by atoms with Gasteiger partial charge in [0.15, 0.2) is 0 Å². The van der Waals surface area contributed by atoms with E-state index in [1.807, 2.05) is 0 Å². The number of allylic oxidation sites excluding steroid dienone is 2. The summed E-state index contributed by atoms with van der Waals surface area (Å²) in [5.41, 5.74) is 2.32. The van der Waals surface area contributed by atoms with Crippen LogP contribution >= 0.6 is 0 Å². The largest absolute Gasteiger partial charge is 0.490 e. The lowest BCUT2D eigenvalue weighted by molar-refractivity contribution is 0.00578. The maximum atomic E-state index is 6.25. The lowest BCUT2D eigenvalue weighted by Crippen LogP contribution is -2.41. The Hall–Kier alpha value is -1.06. The molecule has 0 aromatic heterocycles. The molecule has 1 saturated heterocycles. The normalized spacial score (nSPS) is 28.5. The maximum absolute atomic E-state index is 6.25. The van der Waals surface area contributed by atoms with E-state index in [0.717, 1.165) is 12.8 Å². The molecule has 1 atom stereocenters. The smallest absolute Gasteiger partial charge is 0.400 e. The van der Waals surface area contributed by atoms with Crippen molar-refractivity contribution in [3.63, 3.8) is 0 Å². The fourth-order valence-corrected chi connectivity index (χ4v) is 3.80. The number of benzene rings is 1. The van der Waals surface area contributed by atoms with Gasteiger partial charge in [-0.2, -0.15) is 0 Å². The van der Waals surface area contributed by atoms with Crippen LogP contribution in [0.3, 0.4) is 0 Å². The van der Waals surface area contributed by atoms with Crippen LogP contribution in [0.2, 0.25) is 0 Å². The zero-order valence-corrected chi connectivity index (χ0v) is 15.3. The van der Waals surface area contributed by atoms with Gasteiger partial charge in [0.25, 0.3) is 0 Å². The fraction of sp³-hybridized carbons (Fsp3) is 0.600. The second-order valence-electron chi connectivity index (χ2n) is 8.63. The van der Waals surface area contributed by atoms with Crippen LogP contribution in [-0.2, 0) is 9.31 Å². The van der Waals surface area contributed by atoms with Gasteiger partial charge in [-0.3, -0.25) is 0 Å². The monoisotopic (exact) mass is 312 g/mol. The van der Waals surface area contributed by atoms with Crippen molar-refractivity contribution >= 4 is 7.12 Å². The molecule has 23 heavy (non-hydrogen) atoms. The average molecular weight is 312 g/mol. The molecule has 1 heterocycles. The number of hydrogen-bond donors (Lipinski definition) is 0. The van der Waals surface area contributed by atoms with Crippen molar-refractivity contribution in [2.24, 2.45) is 5.41 Å². The second-order valence-corrected chi connectivity index (χ2v) is 8.63. The highest BCUT2D eigenvalue weighted by atomic mass is 16.7. The lowest BCUT2D eigenvalue weighted by Gasteiger charge is -2.37. The third-order valence-corrected chi connectivity index (χ3v) is 5.94. The highest BCUT2D eigenvalue weighted by Crippen LogP contribution is 2.48. The molecule has 0 radical (unpaired) electrons. The first-order chi connectivity index (χ1) is 10.6. The summed E-state index contributed by atoms with van der Waals surface area (Å²) >= 11 is 0. The summed E-state index contributed by atoms with van der Waals surface area (Å²) in [4.78, 5) is 0. The van der Waals surface area contributed by atoms with E-state index in [4.69, 9.17) is 9.31 Å². The highest BCUT2D eigenvalue weighted by Gasteiger charge is 2.53. The Bertz CT molecular complexity index is 585. The molecule has 1 aliphatic heterocycles. The summed E-state index contributed by atoms with van der Waals surface area (Å²) in [6, 6.07) is 10.9. The fourth-order valence-electron chi connectivity index (χ4n) is 3.80. The molecule has 1 aliphatic carbocycles. The molecule has 0 bridgehead atoms. The second kappa shape index (κ2) is 5.49. The summed E-state index contributed by atoms with van der Waals surface area (Å²) in [6.45, 7) is 13.1.